The van der Waals surface area contributed by atoms with Crippen LogP contribution in [0.2, 0.25) is 5.15 Å². The van der Waals surface area contributed by atoms with Crippen LogP contribution in [-0.4, -0.2) is 71.6 Å². The molecule has 0 amide bonds. The maximum atomic E-state index is 12.9. The van der Waals surface area contributed by atoms with Crippen molar-refractivity contribution in [3.8, 4) is 0 Å². The van der Waals surface area contributed by atoms with E-state index in [9.17, 15) is 4.79 Å². The Bertz CT molecular complexity index is 1110. The molecule has 1 saturated heterocycles. The highest BCUT2D eigenvalue weighted by Gasteiger charge is 2.44. The predicted molar refractivity (Wildman–Crippen MR) is 131 cm³/mol. The quantitative estimate of drug-likeness (QED) is 0.509. The van der Waals surface area contributed by atoms with Gasteiger partial charge in [-0.05, 0) is 49.2 Å². The molecule has 1 fully saturated rings. The molecule has 9 heteroatoms. The second-order valence-electron chi connectivity index (χ2n) is 8.48. The van der Waals surface area contributed by atoms with Crippen LogP contribution in [0.5, 0.6) is 0 Å². The number of benzene rings is 1. The Kier molecular flexibility index (Phi) is 6.69. The van der Waals surface area contributed by atoms with Crippen LogP contribution < -0.4 is 11.1 Å². The number of ether oxygens (including phenoxy) is 1. The number of anilines is 3. The van der Waals surface area contributed by atoms with Crippen LogP contribution in [0.3, 0.4) is 0 Å². The van der Waals surface area contributed by atoms with Crippen molar-refractivity contribution >= 4 is 40.3 Å². The number of carbonyl (C=O) groups is 1. The molecule has 3 N–H and O–H groups in total. The van der Waals surface area contributed by atoms with Gasteiger partial charge in [0.25, 0.3) is 0 Å². The minimum atomic E-state index is -0.768. The maximum absolute atomic E-state index is 12.9. The number of nitrogens with one attached hydrogen (secondary N) is 1. The number of likely N-dealkylation sites (N-methyl/N-ethyl adjacent to an activating group) is 1. The molecule has 1 aromatic heterocycles. The first kappa shape index (κ1) is 23.2. The van der Waals surface area contributed by atoms with E-state index in [0.29, 0.717) is 17.9 Å². The van der Waals surface area contributed by atoms with Gasteiger partial charge in [-0.1, -0.05) is 35.9 Å². The van der Waals surface area contributed by atoms with Gasteiger partial charge in [-0.3, -0.25) is 4.90 Å². The highest BCUT2D eigenvalue weighted by molar-refractivity contribution is 6.32. The van der Waals surface area contributed by atoms with Gasteiger partial charge in [0.15, 0.2) is 11.0 Å². The zero-order chi connectivity index (χ0) is 23.6. The summed E-state index contributed by atoms with van der Waals surface area (Å²) >= 11 is 6.02. The summed E-state index contributed by atoms with van der Waals surface area (Å²) < 4.78 is 5.22. The van der Waals surface area contributed by atoms with E-state index in [2.05, 4.69) is 45.1 Å². The van der Waals surface area contributed by atoms with Gasteiger partial charge in [0.05, 0.1) is 7.11 Å². The molecule has 0 radical (unpaired) electrons. The van der Waals surface area contributed by atoms with Crippen LogP contribution >= 0.6 is 11.6 Å². The number of esters is 1. The summed E-state index contributed by atoms with van der Waals surface area (Å²) in [6.45, 7) is 5.55. The average Bonchev–Trinajstić information content (AvgIpc) is 2.83. The summed E-state index contributed by atoms with van der Waals surface area (Å²) in [5, 5.41) is 3.43. The van der Waals surface area contributed by atoms with Gasteiger partial charge < -0.3 is 20.7 Å². The first-order chi connectivity index (χ1) is 15.8. The van der Waals surface area contributed by atoms with Crippen LogP contribution in [0.25, 0.3) is 5.57 Å². The number of nitrogens with two attached hydrogens (primary N) is 1. The molecule has 0 bridgehead atoms. The predicted octanol–water partition coefficient (Wildman–Crippen LogP) is 3.27. The Labute approximate surface area is 199 Å². The third kappa shape index (κ3) is 4.59. The van der Waals surface area contributed by atoms with Gasteiger partial charge in [0.1, 0.15) is 17.6 Å². The van der Waals surface area contributed by atoms with Crippen molar-refractivity contribution in [2.45, 2.75) is 18.9 Å². The summed E-state index contributed by atoms with van der Waals surface area (Å²) in [5.41, 5.74) is 9.59. The molecular weight excluding hydrogens is 440 g/mol. The van der Waals surface area contributed by atoms with E-state index in [0.717, 1.165) is 48.6 Å². The number of methoxy groups -OCH3 is 1. The molecule has 0 saturated carbocycles. The van der Waals surface area contributed by atoms with Crippen LogP contribution in [0, 0.1) is 6.92 Å². The Morgan fingerprint density at radius 1 is 1.24 bits per heavy atom. The molecule has 1 unspecified atom stereocenters. The van der Waals surface area contributed by atoms with Crippen molar-refractivity contribution in [3.63, 3.8) is 0 Å². The van der Waals surface area contributed by atoms with Gasteiger partial charge in [0, 0.05) is 31.9 Å². The number of carbonyl (C=O) groups excluding carboxylic acids is 1. The van der Waals surface area contributed by atoms with Crippen molar-refractivity contribution < 1.29 is 9.53 Å². The monoisotopic (exact) mass is 468 g/mol. The largest absolute Gasteiger partial charge is 0.467 e. The summed E-state index contributed by atoms with van der Waals surface area (Å²) in [7, 11) is 3.56. The molecule has 4 rings (SSSR count). The fourth-order valence-corrected chi connectivity index (χ4v) is 4.48. The fourth-order valence-electron chi connectivity index (χ4n) is 4.35. The van der Waals surface area contributed by atoms with Crippen LogP contribution in [-0.2, 0) is 9.53 Å². The van der Waals surface area contributed by atoms with Crippen molar-refractivity contribution in [1.29, 1.82) is 0 Å². The molecule has 0 spiro atoms. The van der Waals surface area contributed by atoms with Gasteiger partial charge in [-0.25, -0.2) is 14.8 Å². The number of allylic oxidation sites excluding steroid dienone is 2. The SMILES string of the molecule is COC(=O)C1(N2CCN(C)CC2)C=CC(c2cc(Nc3ncnc(Cl)c3N)ccc2C)=CC1. The minimum Gasteiger partial charge on any atom is -0.467 e. The zero-order valence-electron chi connectivity index (χ0n) is 19.1. The molecule has 2 aliphatic rings. The summed E-state index contributed by atoms with van der Waals surface area (Å²) in [4.78, 5) is 25.5. The highest BCUT2D eigenvalue weighted by Crippen LogP contribution is 2.35. The number of aryl methyl sites for hydroxylation is 1. The van der Waals surface area contributed by atoms with Crippen LogP contribution in [0.1, 0.15) is 17.5 Å². The number of nitrogens with zero attached hydrogens (tertiary/aromatic N) is 4. The molecular formula is C24H29ClN6O2. The number of nitrogen functional groups attached to an aromatic ring is 1. The number of rotatable bonds is 5. The standard InChI is InChI=1S/C24H29ClN6O2/c1-16-4-5-18(29-22-20(26)21(25)27-15-28-22)14-19(16)17-6-8-24(9-7-17,23(32)33-3)31-12-10-30(2)11-13-31/h4-8,14-15H,9-13,26H2,1-3H3,(H,27,28,29). The number of halogens is 1. The molecule has 1 aliphatic carbocycles. The highest BCUT2D eigenvalue weighted by atomic mass is 35.5. The van der Waals surface area contributed by atoms with Crippen molar-refractivity contribution in [2.75, 3.05) is 51.4 Å². The second kappa shape index (κ2) is 9.51. The van der Waals surface area contributed by atoms with Crippen molar-refractivity contribution in [2.24, 2.45) is 0 Å². The summed E-state index contributed by atoms with van der Waals surface area (Å²) in [5.74, 6) is 0.236. The Morgan fingerprint density at radius 3 is 2.67 bits per heavy atom. The van der Waals surface area contributed by atoms with E-state index < -0.39 is 5.54 Å². The lowest BCUT2D eigenvalue weighted by molar-refractivity contribution is -0.153. The first-order valence-corrected chi connectivity index (χ1v) is 11.3. The topological polar surface area (TPSA) is 96.6 Å². The number of aromatic nitrogens is 2. The van der Waals surface area contributed by atoms with Gasteiger partial charge in [-0.15, -0.1) is 0 Å². The number of piperazine rings is 1. The molecule has 8 nitrogen and oxygen atoms in total. The second-order valence-corrected chi connectivity index (χ2v) is 8.84. The Hall–Kier alpha value is -2.94. The summed E-state index contributed by atoms with van der Waals surface area (Å²) in [6, 6.07) is 6.04. The molecule has 2 heterocycles. The van der Waals surface area contributed by atoms with E-state index in [1.165, 1.54) is 13.4 Å². The first-order valence-electron chi connectivity index (χ1n) is 10.9. The van der Waals surface area contributed by atoms with Crippen LogP contribution in [0.15, 0.2) is 42.8 Å². The average molecular weight is 469 g/mol. The van der Waals surface area contributed by atoms with Gasteiger partial charge in [0.2, 0.25) is 0 Å². The van der Waals surface area contributed by atoms with Crippen LogP contribution in [0.4, 0.5) is 17.2 Å². The van der Waals surface area contributed by atoms with E-state index in [1.807, 2.05) is 30.4 Å². The molecule has 2 aromatic rings. The molecule has 1 aliphatic heterocycles. The van der Waals surface area contributed by atoms with Gasteiger partial charge in [-0.2, -0.15) is 0 Å². The number of hydrogen-bond acceptors (Lipinski definition) is 8. The third-order valence-electron chi connectivity index (χ3n) is 6.42. The zero-order valence-corrected chi connectivity index (χ0v) is 19.9. The lowest BCUT2D eigenvalue weighted by Crippen LogP contribution is -2.60. The molecule has 1 aromatic carbocycles. The molecule has 1 atom stereocenters. The van der Waals surface area contributed by atoms with Crippen molar-refractivity contribution in [3.05, 3.63) is 59.0 Å². The number of hydrogen-bond donors (Lipinski definition) is 2. The van der Waals surface area contributed by atoms with E-state index in [1.54, 1.807) is 0 Å². The van der Waals surface area contributed by atoms with E-state index in [4.69, 9.17) is 22.1 Å². The lowest BCUT2D eigenvalue weighted by Gasteiger charge is -2.44. The molecule has 33 heavy (non-hydrogen) atoms. The minimum absolute atomic E-state index is 0.209. The normalized spacial score (nSPS) is 21.5. The maximum Gasteiger partial charge on any atom is 0.330 e. The fraction of sp³-hybridized carbons (Fsp3) is 0.375. The van der Waals surface area contributed by atoms with Crippen molar-refractivity contribution in [1.82, 2.24) is 19.8 Å². The van der Waals surface area contributed by atoms with E-state index in [-0.39, 0.29) is 11.1 Å². The Morgan fingerprint density at radius 2 is 2.00 bits per heavy atom. The lowest BCUT2D eigenvalue weighted by atomic mass is 9.83. The summed E-state index contributed by atoms with van der Waals surface area (Å²) in [6.07, 6.45) is 8.08. The third-order valence-corrected chi connectivity index (χ3v) is 6.73. The Balaban J connectivity index is 1.60. The molecule has 174 valence electrons. The van der Waals surface area contributed by atoms with E-state index >= 15 is 0 Å². The smallest absolute Gasteiger partial charge is 0.330 e. The van der Waals surface area contributed by atoms with Gasteiger partial charge >= 0.3 is 5.97 Å².